The minimum Gasteiger partial charge on any atom is -0.357 e. The highest BCUT2D eigenvalue weighted by Gasteiger charge is 2.21. The van der Waals surface area contributed by atoms with Crippen LogP contribution in [0.3, 0.4) is 0 Å². The first kappa shape index (κ1) is 20.7. The lowest BCUT2D eigenvalue weighted by Gasteiger charge is -2.35. The van der Waals surface area contributed by atoms with Crippen LogP contribution in [-0.4, -0.2) is 61.1 Å². The maximum absolute atomic E-state index is 11.9. The summed E-state index contributed by atoms with van der Waals surface area (Å²) in [6.45, 7) is 16.6. The molecule has 140 valence electrons. The highest BCUT2D eigenvalue weighted by Crippen LogP contribution is 2.17. The van der Waals surface area contributed by atoms with Crippen molar-refractivity contribution in [3.63, 3.8) is 0 Å². The zero-order chi connectivity index (χ0) is 18.2. The van der Waals surface area contributed by atoms with E-state index in [9.17, 15) is 4.79 Å². The number of guanidine groups is 1. The maximum Gasteiger partial charge on any atom is 0.242 e. The monoisotopic (exact) mass is 339 g/mol. The second-order valence-electron chi connectivity index (χ2n) is 7.97. The van der Waals surface area contributed by atoms with Crippen molar-refractivity contribution < 1.29 is 4.79 Å². The number of nitrogens with zero attached hydrogens (tertiary/aromatic N) is 2. The molecule has 0 aromatic rings. The van der Waals surface area contributed by atoms with E-state index in [0.717, 1.165) is 19.0 Å². The topological polar surface area (TPSA) is 68.8 Å². The lowest BCUT2D eigenvalue weighted by molar-refractivity contribution is -0.121. The van der Waals surface area contributed by atoms with Crippen molar-refractivity contribution >= 4 is 11.9 Å². The second-order valence-corrected chi connectivity index (χ2v) is 7.97. The van der Waals surface area contributed by atoms with E-state index in [1.807, 2.05) is 27.7 Å². The summed E-state index contributed by atoms with van der Waals surface area (Å²) in [4.78, 5) is 18.8. The number of aliphatic imine (C=N–C) groups is 1. The van der Waals surface area contributed by atoms with E-state index in [-0.39, 0.29) is 18.0 Å². The molecule has 1 heterocycles. The highest BCUT2D eigenvalue weighted by atomic mass is 16.2. The van der Waals surface area contributed by atoms with Crippen LogP contribution in [0.25, 0.3) is 0 Å². The Bertz CT molecular complexity index is 416. The van der Waals surface area contributed by atoms with Crippen LogP contribution in [-0.2, 0) is 4.79 Å². The van der Waals surface area contributed by atoms with Gasteiger partial charge in [-0.25, -0.2) is 4.99 Å². The van der Waals surface area contributed by atoms with E-state index >= 15 is 0 Å². The Labute approximate surface area is 147 Å². The Morgan fingerprint density at radius 1 is 1.33 bits per heavy atom. The van der Waals surface area contributed by atoms with Gasteiger partial charge in [0.1, 0.15) is 6.54 Å². The van der Waals surface area contributed by atoms with Crippen LogP contribution in [0.4, 0.5) is 0 Å². The third-order valence-electron chi connectivity index (χ3n) is 4.12. The van der Waals surface area contributed by atoms with E-state index in [1.165, 1.54) is 25.9 Å². The summed E-state index contributed by atoms with van der Waals surface area (Å²) in [5, 5.41) is 9.50. The highest BCUT2D eigenvalue weighted by molar-refractivity contribution is 5.85. The van der Waals surface area contributed by atoms with E-state index in [4.69, 9.17) is 0 Å². The summed E-state index contributed by atoms with van der Waals surface area (Å²) in [5.41, 5.74) is -0.224. The number of rotatable bonds is 6. The van der Waals surface area contributed by atoms with Crippen LogP contribution < -0.4 is 16.0 Å². The van der Waals surface area contributed by atoms with Crippen molar-refractivity contribution in [2.24, 2.45) is 10.9 Å². The molecule has 0 aliphatic carbocycles. The first-order valence-corrected chi connectivity index (χ1v) is 9.28. The third kappa shape index (κ3) is 8.52. The van der Waals surface area contributed by atoms with Gasteiger partial charge in [-0.1, -0.05) is 6.92 Å². The molecule has 2 atom stereocenters. The zero-order valence-corrected chi connectivity index (χ0v) is 16.4. The number of hydrogen-bond donors (Lipinski definition) is 3. The number of hydrogen-bond acceptors (Lipinski definition) is 3. The van der Waals surface area contributed by atoms with Crippen LogP contribution >= 0.6 is 0 Å². The van der Waals surface area contributed by atoms with Crippen molar-refractivity contribution in [1.29, 1.82) is 0 Å². The molecular weight excluding hydrogens is 302 g/mol. The van der Waals surface area contributed by atoms with Crippen molar-refractivity contribution in [2.75, 3.05) is 32.7 Å². The van der Waals surface area contributed by atoms with Gasteiger partial charge in [0.2, 0.25) is 5.91 Å². The standard InChI is InChI=1S/C18H37N5O/c1-7-19-17(21-12-16(24)22-18(4,5)6)20-11-15(3)23-10-8-9-14(2)13-23/h14-15H,7-13H2,1-6H3,(H,22,24)(H2,19,20,21). The van der Waals surface area contributed by atoms with Gasteiger partial charge < -0.3 is 16.0 Å². The van der Waals surface area contributed by atoms with E-state index in [1.54, 1.807) is 0 Å². The van der Waals surface area contributed by atoms with Crippen molar-refractivity contribution in [3.8, 4) is 0 Å². The van der Waals surface area contributed by atoms with Gasteiger partial charge in [-0.05, 0) is 59.9 Å². The summed E-state index contributed by atoms with van der Waals surface area (Å²) in [6.07, 6.45) is 2.62. The molecule has 1 saturated heterocycles. The zero-order valence-electron chi connectivity index (χ0n) is 16.4. The Morgan fingerprint density at radius 2 is 2.04 bits per heavy atom. The summed E-state index contributed by atoms with van der Waals surface area (Å²) in [7, 11) is 0. The normalized spacial score (nSPS) is 21.2. The Kier molecular flexibility index (Phi) is 8.53. The molecule has 0 saturated carbocycles. The SMILES string of the molecule is CCNC(=NCC(=O)NC(C)(C)C)NCC(C)N1CCCC(C)C1. The van der Waals surface area contributed by atoms with Gasteiger partial charge in [-0.3, -0.25) is 9.69 Å². The Morgan fingerprint density at radius 3 is 2.62 bits per heavy atom. The minimum atomic E-state index is -0.224. The summed E-state index contributed by atoms with van der Waals surface area (Å²) in [5.74, 6) is 1.43. The first-order chi connectivity index (χ1) is 11.2. The molecule has 6 nitrogen and oxygen atoms in total. The van der Waals surface area contributed by atoms with Crippen LogP contribution in [0, 0.1) is 5.92 Å². The molecule has 0 aromatic carbocycles. The van der Waals surface area contributed by atoms with Crippen LogP contribution in [0.15, 0.2) is 4.99 Å². The summed E-state index contributed by atoms with van der Waals surface area (Å²) >= 11 is 0. The molecular formula is C18H37N5O. The molecule has 2 unspecified atom stereocenters. The first-order valence-electron chi connectivity index (χ1n) is 9.28. The molecule has 24 heavy (non-hydrogen) atoms. The fourth-order valence-corrected chi connectivity index (χ4v) is 2.95. The predicted octanol–water partition coefficient (Wildman–Crippen LogP) is 1.58. The van der Waals surface area contributed by atoms with Crippen LogP contribution in [0.5, 0.6) is 0 Å². The van der Waals surface area contributed by atoms with Gasteiger partial charge >= 0.3 is 0 Å². The third-order valence-corrected chi connectivity index (χ3v) is 4.12. The average Bonchev–Trinajstić information content (AvgIpc) is 2.48. The van der Waals surface area contributed by atoms with Gasteiger partial charge in [0.25, 0.3) is 0 Å². The quantitative estimate of drug-likeness (QED) is 0.508. The number of nitrogens with one attached hydrogen (secondary N) is 3. The fraction of sp³-hybridized carbons (Fsp3) is 0.889. The molecule has 0 spiro atoms. The summed E-state index contributed by atoms with van der Waals surface area (Å²) < 4.78 is 0. The number of carbonyl (C=O) groups is 1. The van der Waals surface area contributed by atoms with Gasteiger partial charge in [0, 0.05) is 31.2 Å². The maximum atomic E-state index is 11.9. The van der Waals surface area contributed by atoms with Crippen molar-refractivity contribution in [1.82, 2.24) is 20.9 Å². The second kappa shape index (κ2) is 9.87. The molecule has 1 aliphatic rings. The molecule has 0 aromatic heterocycles. The minimum absolute atomic E-state index is 0.0578. The molecule has 1 aliphatic heterocycles. The van der Waals surface area contributed by atoms with Crippen molar-refractivity contribution in [3.05, 3.63) is 0 Å². The lowest BCUT2D eigenvalue weighted by atomic mass is 9.99. The van der Waals surface area contributed by atoms with E-state index < -0.39 is 0 Å². The molecule has 0 bridgehead atoms. The van der Waals surface area contributed by atoms with Crippen LogP contribution in [0.1, 0.15) is 54.4 Å². The number of piperidine rings is 1. The number of likely N-dealkylation sites (tertiary alicyclic amines) is 1. The van der Waals surface area contributed by atoms with Gasteiger partial charge in [-0.15, -0.1) is 0 Å². The van der Waals surface area contributed by atoms with Gasteiger partial charge in [0.15, 0.2) is 5.96 Å². The fourth-order valence-electron chi connectivity index (χ4n) is 2.95. The van der Waals surface area contributed by atoms with Crippen molar-refractivity contribution in [2.45, 2.75) is 66.0 Å². The lowest BCUT2D eigenvalue weighted by Crippen LogP contribution is -2.49. The summed E-state index contributed by atoms with van der Waals surface area (Å²) in [6, 6.07) is 0.458. The molecule has 1 amide bonds. The Balaban J connectivity index is 2.46. The average molecular weight is 340 g/mol. The molecule has 1 rings (SSSR count). The molecule has 6 heteroatoms. The number of carbonyl (C=O) groups excluding carboxylic acids is 1. The molecule has 3 N–H and O–H groups in total. The molecule has 1 fully saturated rings. The van der Waals surface area contributed by atoms with E-state index in [2.05, 4.69) is 39.7 Å². The predicted molar refractivity (Wildman–Crippen MR) is 101 cm³/mol. The number of amides is 1. The van der Waals surface area contributed by atoms with Gasteiger partial charge in [-0.2, -0.15) is 0 Å². The van der Waals surface area contributed by atoms with Gasteiger partial charge in [0.05, 0.1) is 0 Å². The largest absolute Gasteiger partial charge is 0.357 e. The molecule has 0 radical (unpaired) electrons. The van der Waals surface area contributed by atoms with E-state index in [0.29, 0.717) is 12.0 Å². The van der Waals surface area contributed by atoms with Crippen LogP contribution in [0.2, 0.25) is 0 Å². The smallest absolute Gasteiger partial charge is 0.242 e. The Hall–Kier alpha value is -1.30.